The smallest absolute Gasteiger partial charge is 0.254 e. The molecule has 1 amide bonds. The molecule has 1 saturated heterocycles. The van der Waals surface area contributed by atoms with Gasteiger partial charge in [0.05, 0.1) is 18.7 Å². The number of hydrogen-bond donors (Lipinski definition) is 0. The minimum Gasteiger partial charge on any atom is -0.493 e. The maximum absolute atomic E-state index is 13.0. The lowest BCUT2D eigenvalue weighted by Gasteiger charge is -2.38. The van der Waals surface area contributed by atoms with Gasteiger partial charge in [0.15, 0.2) is 11.5 Å². The minimum atomic E-state index is 0.0139. The van der Waals surface area contributed by atoms with E-state index in [0.717, 1.165) is 32.6 Å². The van der Waals surface area contributed by atoms with Crippen molar-refractivity contribution >= 4 is 17.5 Å². The number of halogens is 1. The van der Waals surface area contributed by atoms with Crippen LogP contribution in [0.1, 0.15) is 56.3 Å². The van der Waals surface area contributed by atoms with E-state index in [-0.39, 0.29) is 5.91 Å². The largest absolute Gasteiger partial charge is 0.493 e. The maximum atomic E-state index is 13.0. The van der Waals surface area contributed by atoms with Gasteiger partial charge in [-0.2, -0.15) is 0 Å². The van der Waals surface area contributed by atoms with E-state index in [9.17, 15) is 4.79 Å². The van der Waals surface area contributed by atoms with Crippen molar-refractivity contribution in [1.29, 1.82) is 0 Å². The van der Waals surface area contributed by atoms with E-state index in [1.54, 1.807) is 19.2 Å². The van der Waals surface area contributed by atoms with Crippen LogP contribution < -0.4 is 9.47 Å². The molecule has 6 heteroatoms. The fourth-order valence-corrected chi connectivity index (χ4v) is 4.39. The number of amides is 1. The molecular formula is C22H33ClN2O3. The van der Waals surface area contributed by atoms with Gasteiger partial charge in [-0.3, -0.25) is 9.69 Å². The first kappa shape index (κ1) is 21.3. The summed E-state index contributed by atoms with van der Waals surface area (Å²) in [6.07, 6.45) is 6.23. The summed E-state index contributed by atoms with van der Waals surface area (Å²) in [7, 11) is 1.58. The van der Waals surface area contributed by atoms with Crippen LogP contribution in [0.15, 0.2) is 12.1 Å². The Morgan fingerprint density at radius 1 is 1.18 bits per heavy atom. The van der Waals surface area contributed by atoms with Crippen LogP contribution in [0.2, 0.25) is 5.02 Å². The topological polar surface area (TPSA) is 42.0 Å². The SMILES string of the molecule is COc1cc(C(=O)N2CCN(C3CCCC3)CC2)cc(Cl)c1OCCC(C)C. The Labute approximate surface area is 173 Å². The van der Waals surface area contributed by atoms with E-state index < -0.39 is 0 Å². The molecule has 1 aliphatic carbocycles. The third-order valence-corrected chi connectivity index (χ3v) is 6.14. The highest BCUT2D eigenvalue weighted by molar-refractivity contribution is 6.32. The first-order chi connectivity index (χ1) is 13.5. The molecule has 1 aliphatic heterocycles. The monoisotopic (exact) mass is 408 g/mol. The molecule has 3 rings (SSSR count). The second-order valence-electron chi connectivity index (χ2n) is 8.29. The van der Waals surface area contributed by atoms with Gasteiger partial charge in [0.2, 0.25) is 0 Å². The standard InChI is InChI=1S/C22H33ClN2O3/c1-16(2)8-13-28-21-19(23)14-17(15-20(21)27-3)22(26)25-11-9-24(10-12-25)18-6-4-5-7-18/h14-16,18H,4-13H2,1-3H3. The molecule has 1 heterocycles. The van der Waals surface area contributed by atoms with E-state index in [1.165, 1.54) is 25.7 Å². The van der Waals surface area contributed by atoms with Gasteiger partial charge in [-0.15, -0.1) is 0 Å². The Morgan fingerprint density at radius 2 is 1.86 bits per heavy atom. The van der Waals surface area contributed by atoms with Gasteiger partial charge >= 0.3 is 0 Å². The van der Waals surface area contributed by atoms with Gasteiger partial charge in [-0.25, -0.2) is 0 Å². The van der Waals surface area contributed by atoms with Crippen LogP contribution in [-0.4, -0.2) is 61.6 Å². The predicted octanol–water partition coefficient (Wildman–Crippen LogP) is 4.47. The normalized spacial score (nSPS) is 18.7. The number of ether oxygens (including phenoxy) is 2. The number of carbonyl (C=O) groups excluding carboxylic acids is 1. The number of rotatable bonds is 7. The Morgan fingerprint density at radius 3 is 2.46 bits per heavy atom. The lowest BCUT2D eigenvalue weighted by Crippen LogP contribution is -2.51. The van der Waals surface area contributed by atoms with Crippen LogP contribution in [0, 0.1) is 5.92 Å². The summed E-state index contributed by atoms with van der Waals surface area (Å²) in [5.41, 5.74) is 0.562. The summed E-state index contributed by atoms with van der Waals surface area (Å²) in [4.78, 5) is 17.5. The summed E-state index contributed by atoms with van der Waals surface area (Å²) >= 11 is 6.44. The molecule has 0 unspecified atom stereocenters. The van der Waals surface area contributed by atoms with Crippen molar-refractivity contribution in [2.24, 2.45) is 5.92 Å². The summed E-state index contributed by atoms with van der Waals surface area (Å²) in [5.74, 6) is 1.60. The number of piperazine rings is 1. The summed E-state index contributed by atoms with van der Waals surface area (Å²) in [6.45, 7) is 8.32. The fraction of sp³-hybridized carbons (Fsp3) is 0.682. The lowest BCUT2D eigenvalue weighted by atomic mass is 10.1. The van der Waals surface area contributed by atoms with Gasteiger partial charge in [0.1, 0.15) is 0 Å². The molecule has 2 fully saturated rings. The molecule has 0 radical (unpaired) electrons. The van der Waals surface area contributed by atoms with E-state index in [1.807, 2.05) is 4.90 Å². The molecule has 0 spiro atoms. The first-order valence-corrected chi connectivity index (χ1v) is 10.9. The van der Waals surface area contributed by atoms with Crippen LogP contribution >= 0.6 is 11.6 Å². The molecule has 156 valence electrons. The molecule has 2 aliphatic rings. The zero-order valence-electron chi connectivity index (χ0n) is 17.4. The van der Waals surface area contributed by atoms with Crippen LogP contribution in [0.5, 0.6) is 11.5 Å². The molecule has 28 heavy (non-hydrogen) atoms. The molecule has 1 aromatic carbocycles. The average molecular weight is 409 g/mol. The van der Waals surface area contributed by atoms with Gasteiger partial charge in [-0.1, -0.05) is 38.3 Å². The predicted molar refractivity (Wildman–Crippen MR) is 113 cm³/mol. The van der Waals surface area contributed by atoms with Crippen molar-refractivity contribution in [3.63, 3.8) is 0 Å². The molecular weight excluding hydrogens is 376 g/mol. The van der Waals surface area contributed by atoms with Crippen LogP contribution in [-0.2, 0) is 0 Å². The van der Waals surface area contributed by atoms with Crippen molar-refractivity contribution in [2.45, 2.75) is 52.0 Å². The second kappa shape index (κ2) is 9.84. The van der Waals surface area contributed by atoms with E-state index >= 15 is 0 Å². The Bertz CT molecular complexity index is 666. The molecule has 1 saturated carbocycles. The van der Waals surface area contributed by atoms with Gasteiger partial charge in [0.25, 0.3) is 5.91 Å². The highest BCUT2D eigenvalue weighted by Gasteiger charge is 2.29. The summed E-state index contributed by atoms with van der Waals surface area (Å²) < 4.78 is 11.3. The summed E-state index contributed by atoms with van der Waals surface area (Å²) in [6, 6.07) is 4.18. The van der Waals surface area contributed by atoms with Gasteiger partial charge in [-0.05, 0) is 37.3 Å². The number of nitrogens with zero attached hydrogens (tertiary/aromatic N) is 2. The van der Waals surface area contributed by atoms with Crippen molar-refractivity contribution < 1.29 is 14.3 Å². The number of benzene rings is 1. The Balaban J connectivity index is 1.64. The Kier molecular flexibility index (Phi) is 7.47. The third-order valence-electron chi connectivity index (χ3n) is 5.86. The second-order valence-corrected chi connectivity index (χ2v) is 8.69. The highest BCUT2D eigenvalue weighted by Crippen LogP contribution is 2.37. The maximum Gasteiger partial charge on any atom is 0.254 e. The van der Waals surface area contributed by atoms with Gasteiger partial charge in [0, 0.05) is 37.8 Å². The Hall–Kier alpha value is -1.46. The van der Waals surface area contributed by atoms with Gasteiger partial charge < -0.3 is 14.4 Å². The van der Waals surface area contributed by atoms with Crippen molar-refractivity contribution in [1.82, 2.24) is 9.80 Å². The van der Waals surface area contributed by atoms with Crippen molar-refractivity contribution in [2.75, 3.05) is 39.9 Å². The molecule has 5 nitrogen and oxygen atoms in total. The minimum absolute atomic E-state index is 0.0139. The molecule has 0 N–H and O–H groups in total. The molecule has 1 aromatic rings. The van der Waals surface area contributed by atoms with E-state index in [4.69, 9.17) is 21.1 Å². The first-order valence-electron chi connectivity index (χ1n) is 10.5. The van der Waals surface area contributed by atoms with Crippen molar-refractivity contribution in [3.8, 4) is 11.5 Å². The van der Waals surface area contributed by atoms with Crippen LogP contribution in [0.4, 0.5) is 0 Å². The van der Waals surface area contributed by atoms with E-state index in [2.05, 4.69) is 18.7 Å². The quantitative estimate of drug-likeness (QED) is 0.667. The average Bonchev–Trinajstić information content (AvgIpc) is 3.23. The lowest BCUT2D eigenvalue weighted by molar-refractivity contribution is 0.0573. The zero-order chi connectivity index (χ0) is 20.1. The molecule has 0 atom stereocenters. The zero-order valence-corrected chi connectivity index (χ0v) is 18.1. The third kappa shape index (κ3) is 5.12. The number of hydrogen-bond acceptors (Lipinski definition) is 4. The van der Waals surface area contributed by atoms with E-state index in [0.29, 0.717) is 40.7 Å². The van der Waals surface area contributed by atoms with Crippen LogP contribution in [0.25, 0.3) is 0 Å². The molecule has 0 bridgehead atoms. The number of carbonyl (C=O) groups is 1. The fourth-order valence-electron chi connectivity index (χ4n) is 4.12. The van der Waals surface area contributed by atoms with Crippen LogP contribution in [0.3, 0.4) is 0 Å². The van der Waals surface area contributed by atoms with Crippen molar-refractivity contribution in [3.05, 3.63) is 22.7 Å². The summed E-state index contributed by atoms with van der Waals surface area (Å²) in [5, 5.41) is 0.427. The number of methoxy groups -OCH3 is 1. The molecule has 0 aromatic heterocycles. The highest BCUT2D eigenvalue weighted by atomic mass is 35.5.